The summed E-state index contributed by atoms with van der Waals surface area (Å²) in [6.45, 7) is 4.91. The van der Waals surface area contributed by atoms with Crippen molar-refractivity contribution in [2.45, 2.75) is 26.3 Å². The molecule has 0 unspecified atom stereocenters. The van der Waals surface area contributed by atoms with Crippen LogP contribution in [0, 0.1) is 0 Å². The van der Waals surface area contributed by atoms with Crippen LogP contribution in [0.15, 0.2) is 42.6 Å². The molecular weight excluding hydrogens is 208 g/mol. The molecule has 0 aliphatic heterocycles. The summed E-state index contributed by atoms with van der Waals surface area (Å²) in [5.74, 6) is 0.448. The standard InChI is InChI=1S/C15H18N2/c1-11(2)14-8-12(9-16)10-17-15(14)13-6-4-3-5-7-13/h3-8,10-11H,9,16H2,1-2H3. The molecule has 2 heteroatoms. The lowest BCUT2D eigenvalue weighted by atomic mass is 9.96. The van der Waals surface area contributed by atoms with E-state index in [2.05, 4.69) is 37.0 Å². The van der Waals surface area contributed by atoms with Crippen molar-refractivity contribution in [1.82, 2.24) is 4.98 Å². The van der Waals surface area contributed by atoms with E-state index in [4.69, 9.17) is 5.73 Å². The summed E-state index contributed by atoms with van der Waals surface area (Å²) in [4.78, 5) is 4.56. The second-order valence-corrected chi connectivity index (χ2v) is 4.51. The molecule has 0 amide bonds. The molecule has 2 rings (SSSR count). The van der Waals surface area contributed by atoms with Gasteiger partial charge in [-0.05, 0) is 17.0 Å². The quantitative estimate of drug-likeness (QED) is 0.871. The molecule has 0 aliphatic carbocycles. The lowest BCUT2D eigenvalue weighted by molar-refractivity contribution is 0.854. The van der Waals surface area contributed by atoms with Crippen molar-refractivity contribution in [3.8, 4) is 11.3 Å². The van der Waals surface area contributed by atoms with Crippen LogP contribution < -0.4 is 5.73 Å². The Morgan fingerprint density at radius 2 is 1.88 bits per heavy atom. The summed E-state index contributed by atoms with van der Waals surface area (Å²) >= 11 is 0. The highest BCUT2D eigenvalue weighted by Gasteiger charge is 2.10. The van der Waals surface area contributed by atoms with Crippen molar-refractivity contribution < 1.29 is 0 Å². The zero-order chi connectivity index (χ0) is 12.3. The van der Waals surface area contributed by atoms with Crippen molar-refractivity contribution in [3.05, 3.63) is 53.7 Å². The molecule has 2 nitrogen and oxygen atoms in total. The highest BCUT2D eigenvalue weighted by Crippen LogP contribution is 2.27. The van der Waals surface area contributed by atoms with E-state index in [1.165, 1.54) is 11.1 Å². The fourth-order valence-corrected chi connectivity index (χ4v) is 1.92. The lowest BCUT2D eigenvalue weighted by Gasteiger charge is -2.13. The third-order valence-electron chi connectivity index (χ3n) is 2.88. The molecule has 88 valence electrons. The minimum Gasteiger partial charge on any atom is -0.326 e. The van der Waals surface area contributed by atoms with Gasteiger partial charge in [0, 0.05) is 18.3 Å². The van der Waals surface area contributed by atoms with Crippen molar-refractivity contribution in [2.24, 2.45) is 5.73 Å². The van der Waals surface area contributed by atoms with Gasteiger partial charge in [0.05, 0.1) is 5.69 Å². The normalized spacial score (nSPS) is 10.8. The molecule has 0 fully saturated rings. The second-order valence-electron chi connectivity index (χ2n) is 4.51. The second kappa shape index (κ2) is 5.11. The number of benzene rings is 1. The average molecular weight is 226 g/mol. The Hall–Kier alpha value is -1.67. The number of nitrogens with two attached hydrogens (primary N) is 1. The van der Waals surface area contributed by atoms with Crippen molar-refractivity contribution in [2.75, 3.05) is 0 Å². The Bertz CT molecular complexity index is 490. The van der Waals surface area contributed by atoms with E-state index in [1.54, 1.807) is 0 Å². The van der Waals surface area contributed by atoms with Crippen LogP contribution in [0.5, 0.6) is 0 Å². The van der Waals surface area contributed by atoms with Crippen LogP contribution in [0.4, 0.5) is 0 Å². The zero-order valence-corrected chi connectivity index (χ0v) is 10.4. The number of hydrogen-bond acceptors (Lipinski definition) is 2. The van der Waals surface area contributed by atoms with Gasteiger partial charge in [0.1, 0.15) is 0 Å². The third-order valence-corrected chi connectivity index (χ3v) is 2.88. The summed E-state index contributed by atoms with van der Waals surface area (Å²) in [6.07, 6.45) is 1.87. The smallest absolute Gasteiger partial charge is 0.0736 e. The number of nitrogens with zero attached hydrogens (tertiary/aromatic N) is 1. The van der Waals surface area contributed by atoms with Gasteiger partial charge in [-0.2, -0.15) is 0 Å². The van der Waals surface area contributed by atoms with E-state index in [9.17, 15) is 0 Å². The van der Waals surface area contributed by atoms with E-state index in [-0.39, 0.29) is 0 Å². The Labute approximate surface area is 103 Å². The Morgan fingerprint density at radius 1 is 1.18 bits per heavy atom. The molecule has 0 radical (unpaired) electrons. The molecule has 0 saturated carbocycles. The highest BCUT2D eigenvalue weighted by atomic mass is 14.7. The summed E-state index contributed by atoms with van der Waals surface area (Å²) in [6, 6.07) is 12.5. The van der Waals surface area contributed by atoms with E-state index < -0.39 is 0 Å². The van der Waals surface area contributed by atoms with Gasteiger partial charge in [-0.15, -0.1) is 0 Å². The first-order valence-electron chi connectivity index (χ1n) is 5.96. The largest absolute Gasteiger partial charge is 0.326 e. The molecule has 0 saturated heterocycles. The van der Waals surface area contributed by atoms with Crippen molar-refractivity contribution >= 4 is 0 Å². The summed E-state index contributed by atoms with van der Waals surface area (Å²) < 4.78 is 0. The monoisotopic (exact) mass is 226 g/mol. The van der Waals surface area contributed by atoms with Gasteiger partial charge in [0.15, 0.2) is 0 Å². The first-order valence-corrected chi connectivity index (χ1v) is 5.96. The SMILES string of the molecule is CC(C)c1cc(CN)cnc1-c1ccccc1. The molecule has 1 heterocycles. The topological polar surface area (TPSA) is 38.9 Å². The Morgan fingerprint density at radius 3 is 2.47 bits per heavy atom. The van der Waals surface area contributed by atoms with Crippen LogP contribution in [-0.2, 0) is 6.54 Å². The maximum absolute atomic E-state index is 5.67. The van der Waals surface area contributed by atoms with Crippen molar-refractivity contribution in [1.29, 1.82) is 0 Å². The molecule has 0 spiro atoms. The molecule has 1 aromatic carbocycles. The summed E-state index contributed by atoms with van der Waals surface area (Å²) in [7, 11) is 0. The van der Waals surface area contributed by atoms with Crippen LogP contribution in [0.1, 0.15) is 30.9 Å². The molecule has 1 aromatic heterocycles. The predicted octanol–water partition coefficient (Wildman–Crippen LogP) is 3.33. The highest BCUT2D eigenvalue weighted by molar-refractivity contribution is 5.63. The maximum atomic E-state index is 5.67. The van der Waals surface area contributed by atoms with Crippen LogP contribution >= 0.6 is 0 Å². The maximum Gasteiger partial charge on any atom is 0.0736 e. The summed E-state index contributed by atoms with van der Waals surface area (Å²) in [5, 5.41) is 0. The number of rotatable bonds is 3. The van der Waals surface area contributed by atoms with Crippen LogP contribution in [0.3, 0.4) is 0 Å². The number of aromatic nitrogens is 1. The lowest BCUT2D eigenvalue weighted by Crippen LogP contribution is -2.02. The van der Waals surface area contributed by atoms with E-state index in [0.717, 1.165) is 11.3 Å². The van der Waals surface area contributed by atoms with Crippen LogP contribution in [0.25, 0.3) is 11.3 Å². The van der Waals surface area contributed by atoms with Crippen LogP contribution in [0.2, 0.25) is 0 Å². The fraction of sp³-hybridized carbons (Fsp3) is 0.267. The molecule has 2 N–H and O–H groups in total. The zero-order valence-electron chi connectivity index (χ0n) is 10.4. The molecule has 0 bridgehead atoms. The molecule has 0 aliphatic rings. The predicted molar refractivity (Wildman–Crippen MR) is 71.7 cm³/mol. The molecular formula is C15H18N2. The van der Waals surface area contributed by atoms with Gasteiger partial charge in [-0.3, -0.25) is 4.98 Å². The molecule has 17 heavy (non-hydrogen) atoms. The minimum atomic E-state index is 0.448. The Kier molecular flexibility index (Phi) is 3.55. The third kappa shape index (κ3) is 2.53. The fourth-order valence-electron chi connectivity index (χ4n) is 1.92. The first kappa shape index (κ1) is 11.8. The van der Waals surface area contributed by atoms with Gasteiger partial charge >= 0.3 is 0 Å². The van der Waals surface area contributed by atoms with Gasteiger partial charge in [0.2, 0.25) is 0 Å². The molecule has 2 aromatic rings. The summed E-state index contributed by atoms with van der Waals surface area (Å²) in [5.41, 5.74) is 10.3. The first-order chi connectivity index (χ1) is 8.22. The van der Waals surface area contributed by atoms with Gasteiger partial charge in [-0.25, -0.2) is 0 Å². The van der Waals surface area contributed by atoms with Crippen LogP contribution in [-0.4, -0.2) is 4.98 Å². The average Bonchev–Trinajstić information content (AvgIpc) is 2.39. The van der Waals surface area contributed by atoms with Gasteiger partial charge < -0.3 is 5.73 Å². The van der Waals surface area contributed by atoms with Gasteiger partial charge in [0.25, 0.3) is 0 Å². The van der Waals surface area contributed by atoms with E-state index in [1.807, 2.05) is 24.4 Å². The Balaban J connectivity index is 2.54. The minimum absolute atomic E-state index is 0.448. The number of pyridine rings is 1. The van der Waals surface area contributed by atoms with Crippen molar-refractivity contribution in [3.63, 3.8) is 0 Å². The molecule has 0 atom stereocenters. The van der Waals surface area contributed by atoms with E-state index in [0.29, 0.717) is 12.5 Å². The van der Waals surface area contributed by atoms with Gasteiger partial charge in [-0.1, -0.05) is 50.2 Å². The number of hydrogen-bond donors (Lipinski definition) is 1. The van der Waals surface area contributed by atoms with E-state index >= 15 is 0 Å².